The van der Waals surface area contributed by atoms with E-state index in [0.29, 0.717) is 24.0 Å². The van der Waals surface area contributed by atoms with Crippen molar-refractivity contribution in [3.8, 4) is 0 Å². The number of nitrogens with zero attached hydrogens (tertiary/aromatic N) is 3. The van der Waals surface area contributed by atoms with Gasteiger partial charge in [-0.1, -0.05) is 12.1 Å². The van der Waals surface area contributed by atoms with Gasteiger partial charge in [-0.25, -0.2) is 9.38 Å². The standard InChI is InChI=1S/C26H32FN5O6/c1-14-11-16(5-6-17(14)27)12-28-20(35)18-19(34)22(37)32-13-25(15(2)33)7-9-26(10-8-25,24(32)29-18)30-21(36)23(38)31(3)4/h5-6,11,15,18,33H,7-10,12-13H2,1-4H3,(H,28,35)(H,30,36). The topological polar surface area (TPSA) is 148 Å². The lowest BCUT2D eigenvalue weighted by Crippen LogP contribution is -2.65. The first kappa shape index (κ1) is 27.4. The molecule has 12 heteroatoms. The molecule has 3 fully saturated rings. The van der Waals surface area contributed by atoms with Gasteiger partial charge < -0.3 is 20.6 Å². The Hall–Kier alpha value is -3.67. The van der Waals surface area contributed by atoms with Crippen LogP contribution in [0.5, 0.6) is 0 Å². The first-order chi connectivity index (χ1) is 17.8. The van der Waals surface area contributed by atoms with Crippen LogP contribution in [-0.2, 0) is 30.5 Å². The molecule has 1 aliphatic carbocycles. The summed E-state index contributed by atoms with van der Waals surface area (Å²) in [7, 11) is 2.86. The number of likely N-dealkylation sites (N-methyl/N-ethyl adjacent to an activating group) is 1. The Labute approximate surface area is 219 Å². The molecule has 3 heterocycles. The number of benzene rings is 1. The SMILES string of the molecule is Cc1cc(CNC(=O)C2N=C3N(CC4(C(C)O)CCC3(NC(=O)C(=O)N(C)C)CC4)C(=O)C2=O)ccc1F. The molecule has 38 heavy (non-hydrogen) atoms. The molecule has 0 radical (unpaired) electrons. The quantitative estimate of drug-likeness (QED) is 0.356. The maximum atomic E-state index is 13.6. The van der Waals surface area contributed by atoms with Gasteiger partial charge in [0.25, 0.3) is 17.6 Å². The molecule has 3 aliphatic heterocycles. The van der Waals surface area contributed by atoms with Crippen molar-refractivity contribution in [2.75, 3.05) is 20.6 Å². The van der Waals surface area contributed by atoms with Crippen molar-refractivity contribution in [3.05, 3.63) is 35.1 Å². The number of carbonyl (C=O) groups excluding carboxylic acids is 5. The summed E-state index contributed by atoms with van der Waals surface area (Å²) in [5, 5.41) is 15.9. The highest BCUT2D eigenvalue weighted by Crippen LogP contribution is 2.49. The second-order valence-electron chi connectivity index (χ2n) is 10.7. The van der Waals surface area contributed by atoms with Gasteiger partial charge in [0.1, 0.15) is 11.7 Å². The Morgan fingerprint density at radius 3 is 2.45 bits per heavy atom. The van der Waals surface area contributed by atoms with Crippen LogP contribution in [0.15, 0.2) is 23.2 Å². The second-order valence-corrected chi connectivity index (χ2v) is 10.7. The predicted molar refractivity (Wildman–Crippen MR) is 133 cm³/mol. The Morgan fingerprint density at radius 2 is 1.87 bits per heavy atom. The average molecular weight is 530 g/mol. The summed E-state index contributed by atoms with van der Waals surface area (Å²) in [6, 6.07) is 2.64. The Morgan fingerprint density at radius 1 is 1.21 bits per heavy atom. The van der Waals surface area contributed by atoms with Crippen LogP contribution < -0.4 is 10.6 Å². The maximum absolute atomic E-state index is 13.6. The van der Waals surface area contributed by atoms with Crippen LogP contribution in [0.25, 0.3) is 0 Å². The zero-order valence-corrected chi connectivity index (χ0v) is 21.8. The maximum Gasteiger partial charge on any atom is 0.311 e. The summed E-state index contributed by atoms with van der Waals surface area (Å²) in [6.07, 6.45) is 0.494. The fourth-order valence-electron chi connectivity index (χ4n) is 5.48. The molecule has 4 aliphatic rings. The Balaban J connectivity index is 1.69. The average Bonchev–Trinajstić information content (AvgIpc) is 3.10. The number of aliphatic hydroxyl groups excluding tert-OH is 1. The summed E-state index contributed by atoms with van der Waals surface area (Å²) in [6.45, 7) is 3.18. The van der Waals surface area contributed by atoms with Gasteiger partial charge >= 0.3 is 11.8 Å². The molecule has 0 spiro atoms. The van der Waals surface area contributed by atoms with E-state index in [1.165, 1.54) is 26.2 Å². The summed E-state index contributed by atoms with van der Waals surface area (Å²) < 4.78 is 13.6. The van der Waals surface area contributed by atoms with Gasteiger partial charge in [0.05, 0.1) is 11.6 Å². The summed E-state index contributed by atoms with van der Waals surface area (Å²) in [4.78, 5) is 71.4. The second kappa shape index (κ2) is 9.90. The number of nitrogens with one attached hydrogen (secondary N) is 2. The van der Waals surface area contributed by atoms with E-state index >= 15 is 0 Å². The van der Waals surface area contributed by atoms with Gasteiger partial charge in [0.15, 0.2) is 6.04 Å². The number of aryl methyl sites for hydroxylation is 1. The molecule has 3 N–H and O–H groups in total. The van der Waals surface area contributed by atoms with E-state index in [0.717, 1.165) is 9.80 Å². The normalized spacial score (nSPS) is 27.2. The summed E-state index contributed by atoms with van der Waals surface area (Å²) in [5.74, 6) is -4.86. The fourth-order valence-corrected chi connectivity index (χ4v) is 5.48. The molecular formula is C26H32FN5O6. The number of carbonyl (C=O) groups is 5. The minimum Gasteiger partial charge on any atom is -0.393 e. The van der Waals surface area contributed by atoms with E-state index in [1.54, 1.807) is 19.9 Å². The van der Waals surface area contributed by atoms with Crippen LogP contribution in [-0.4, -0.2) is 88.5 Å². The minimum absolute atomic E-state index is 0.00346. The van der Waals surface area contributed by atoms with E-state index in [-0.39, 0.29) is 31.8 Å². The molecule has 0 aromatic heterocycles. The fraction of sp³-hybridized carbons (Fsp3) is 0.538. The van der Waals surface area contributed by atoms with Crippen LogP contribution in [0.2, 0.25) is 0 Å². The van der Waals surface area contributed by atoms with Crippen molar-refractivity contribution >= 4 is 35.2 Å². The highest BCUT2D eigenvalue weighted by Gasteiger charge is 2.59. The lowest BCUT2D eigenvalue weighted by atomic mass is 9.66. The number of aliphatic hydroxyl groups is 1. The van der Waals surface area contributed by atoms with Gasteiger partial charge in [-0.15, -0.1) is 0 Å². The van der Waals surface area contributed by atoms with Crippen LogP contribution in [0.3, 0.4) is 0 Å². The van der Waals surface area contributed by atoms with Crippen molar-refractivity contribution < 1.29 is 33.5 Å². The van der Waals surface area contributed by atoms with Crippen LogP contribution in [0, 0.1) is 18.2 Å². The molecule has 5 rings (SSSR count). The number of amides is 4. The Bertz CT molecular complexity index is 1230. The van der Waals surface area contributed by atoms with Gasteiger partial charge in [-0.3, -0.25) is 28.9 Å². The number of rotatable bonds is 5. The molecule has 204 valence electrons. The van der Waals surface area contributed by atoms with Crippen molar-refractivity contribution in [1.29, 1.82) is 0 Å². The lowest BCUT2D eigenvalue weighted by molar-refractivity contribution is -0.147. The van der Waals surface area contributed by atoms with Crippen LogP contribution in [0.1, 0.15) is 43.7 Å². The number of hydrogen-bond donors (Lipinski definition) is 3. The number of amidine groups is 1. The van der Waals surface area contributed by atoms with Gasteiger partial charge in [-0.2, -0.15) is 0 Å². The number of fused-ring (bicyclic) bond motifs is 2. The molecule has 1 aromatic rings. The molecule has 2 unspecified atom stereocenters. The lowest BCUT2D eigenvalue weighted by Gasteiger charge is -2.43. The van der Waals surface area contributed by atoms with E-state index in [2.05, 4.69) is 15.6 Å². The molecule has 1 aromatic carbocycles. The van der Waals surface area contributed by atoms with E-state index in [4.69, 9.17) is 0 Å². The third-order valence-electron chi connectivity index (χ3n) is 7.99. The van der Waals surface area contributed by atoms with Gasteiger partial charge in [0.2, 0.25) is 0 Å². The smallest absolute Gasteiger partial charge is 0.311 e. The highest BCUT2D eigenvalue weighted by molar-refractivity contribution is 6.46. The first-order valence-electron chi connectivity index (χ1n) is 12.5. The highest BCUT2D eigenvalue weighted by atomic mass is 19.1. The summed E-state index contributed by atoms with van der Waals surface area (Å²) in [5.41, 5.74) is -1.02. The van der Waals surface area contributed by atoms with E-state index in [9.17, 15) is 33.5 Å². The van der Waals surface area contributed by atoms with Gasteiger partial charge in [0, 0.05) is 32.6 Å². The van der Waals surface area contributed by atoms with Crippen molar-refractivity contribution in [2.45, 2.75) is 63.8 Å². The number of aliphatic imine (C=N–C) groups is 1. The van der Waals surface area contributed by atoms with Crippen LogP contribution >= 0.6 is 0 Å². The Kier molecular flexibility index (Phi) is 7.13. The molecule has 4 amide bonds. The first-order valence-corrected chi connectivity index (χ1v) is 12.5. The zero-order valence-electron chi connectivity index (χ0n) is 21.8. The number of Topliss-reactive ketones (excluding diaryl/α,β-unsaturated/α-hetero) is 1. The molecule has 2 saturated heterocycles. The zero-order chi connectivity index (χ0) is 28.0. The largest absolute Gasteiger partial charge is 0.393 e. The third kappa shape index (κ3) is 4.68. The number of hydrogen-bond acceptors (Lipinski definition) is 7. The molecule has 2 bridgehead atoms. The number of halogens is 1. The minimum atomic E-state index is -1.69. The molecule has 1 saturated carbocycles. The molecule has 2 atom stereocenters. The monoisotopic (exact) mass is 529 g/mol. The third-order valence-corrected chi connectivity index (χ3v) is 7.99. The summed E-state index contributed by atoms with van der Waals surface area (Å²) >= 11 is 0. The van der Waals surface area contributed by atoms with Crippen LogP contribution in [0.4, 0.5) is 4.39 Å². The van der Waals surface area contributed by atoms with Gasteiger partial charge in [-0.05, 0) is 56.7 Å². The van der Waals surface area contributed by atoms with Crippen molar-refractivity contribution in [2.24, 2.45) is 10.4 Å². The van der Waals surface area contributed by atoms with E-state index < -0.39 is 58.3 Å². The molecular weight excluding hydrogens is 497 g/mol. The number of ketones is 1. The molecule has 11 nitrogen and oxygen atoms in total. The van der Waals surface area contributed by atoms with Crippen molar-refractivity contribution in [1.82, 2.24) is 20.4 Å². The predicted octanol–water partition coefficient (Wildman–Crippen LogP) is -0.173. The van der Waals surface area contributed by atoms with E-state index in [1.807, 2.05) is 0 Å². The van der Waals surface area contributed by atoms with Crippen molar-refractivity contribution in [3.63, 3.8) is 0 Å².